The first-order chi connectivity index (χ1) is 14.5. The molecule has 9 heteroatoms. The van der Waals surface area contributed by atoms with Gasteiger partial charge in [0.15, 0.2) is 0 Å². The zero-order valence-electron chi connectivity index (χ0n) is 16.9. The van der Waals surface area contributed by atoms with Crippen LogP contribution in [0.5, 0.6) is 5.75 Å². The van der Waals surface area contributed by atoms with Crippen LogP contribution in [-0.4, -0.2) is 54.9 Å². The van der Waals surface area contributed by atoms with Crippen molar-refractivity contribution in [2.24, 2.45) is 5.16 Å². The number of carbonyl (C=O) groups is 1. The molecule has 0 aromatic heterocycles. The fourth-order valence-corrected chi connectivity index (χ4v) is 3.06. The van der Waals surface area contributed by atoms with Gasteiger partial charge in [-0.15, -0.1) is 0 Å². The normalized spacial score (nSPS) is 14.9. The lowest BCUT2D eigenvalue weighted by atomic mass is 10.1. The number of methoxy groups -OCH3 is 1. The minimum absolute atomic E-state index is 0.0998. The highest BCUT2D eigenvalue weighted by molar-refractivity contribution is 5.99. The molecule has 0 unspecified atom stereocenters. The van der Waals surface area contributed by atoms with E-state index in [1.54, 1.807) is 14.0 Å². The SMILES string of the molecule is COc1ccc(/C(C)=N\OC(=O)c2ccc([N+](=O)[O-])cc2)cc1CN1CCOCC1. The van der Waals surface area contributed by atoms with Crippen LogP contribution in [0.1, 0.15) is 28.4 Å². The molecule has 2 aromatic carbocycles. The Morgan fingerprint density at radius 2 is 1.83 bits per heavy atom. The largest absolute Gasteiger partial charge is 0.496 e. The van der Waals surface area contributed by atoms with E-state index in [-0.39, 0.29) is 11.3 Å². The number of nitrogens with zero attached hydrogens (tertiary/aromatic N) is 3. The summed E-state index contributed by atoms with van der Waals surface area (Å²) >= 11 is 0. The van der Waals surface area contributed by atoms with Crippen LogP contribution < -0.4 is 4.74 Å². The first-order valence-corrected chi connectivity index (χ1v) is 9.45. The monoisotopic (exact) mass is 413 g/mol. The van der Waals surface area contributed by atoms with Gasteiger partial charge in [0.1, 0.15) is 5.75 Å². The van der Waals surface area contributed by atoms with Gasteiger partial charge in [-0.25, -0.2) is 4.79 Å². The number of oxime groups is 1. The number of nitro groups is 1. The number of carbonyl (C=O) groups excluding carboxylic acids is 1. The number of hydrogen-bond acceptors (Lipinski definition) is 8. The molecule has 0 saturated carbocycles. The van der Waals surface area contributed by atoms with Crippen molar-refractivity contribution in [3.63, 3.8) is 0 Å². The van der Waals surface area contributed by atoms with Gasteiger partial charge in [-0.3, -0.25) is 15.0 Å². The molecule has 0 aliphatic carbocycles. The number of benzene rings is 2. The number of rotatable bonds is 7. The van der Waals surface area contributed by atoms with Gasteiger partial charge in [0.05, 0.1) is 36.5 Å². The number of hydrogen-bond donors (Lipinski definition) is 0. The maximum atomic E-state index is 12.2. The van der Waals surface area contributed by atoms with Gasteiger partial charge in [0, 0.05) is 37.3 Å². The Morgan fingerprint density at radius 3 is 2.47 bits per heavy atom. The van der Waals surface area contributed by atoms with E-state index in [9.17, 15) is 14.9 Å². The summed E-state index contributed by atoms with van der Waals surface area (Å²) in [6, 6.07) is 10.8. The quantitative estimate of drug-likeness (QED) is 0.297. The molecular formula is C21H23N3O6. The third kappa shape index (κ3) is 5.40. The van der Waals surface area contributed by atoms with Crippen LogP contribution >= 0.6 is 0 Å². The summed E-state index contributed by atoms with van der Waals surface area (Å²) in [6.45, 7) is 5.59. The van der Waals surface area contributed by atoms with Gasteiger partial charge in [-0.2, -0.15) is 0 Å². The van der Waals surface area contributed by atoms with Gasteiger partial charge in [-0.05, 0) is 42.8 Å². The van der Waals surface area contributed by atoms with E-state index < -0.39 is 10.9 Å². The minimum Gasteiger partial charge on any atom is -0.496 e. The maximum Gasteiger partial charge on any atom is 0.365 e. The van der Waals surface area contributed by atoms with E-state index in [1.807, 2.05) is 18.2 Å². The average molecular weight is 413 g/mol. The average Bonchev–Trinajstić information content (AvgIpc) is 2.78. The number of nitro benzene ring substituents is 1. The van der Waals surface area contributed by atoms with Crippen molar-refractivity contribution < 1.29 is 24.0 Å². The highest BCUT2D eigenvalue weighted by Crippen LogP contribution is 2.23. The zero-order chi connectivity index (χ0) is 21.5. The van der Waals surface area contributed by atoms with E-state index in [4.69, 9.17) is 14.3 Å². The smallest absolute Gasteiger partial charge is 0.365 e. The summed E-state index contributed by atoms with van der Waals surface area (Å²) in [5.41, 5.74) is 2.41. The van der Waals surface area contributed by atoms with Crippen molar-refractivity contribution in [2.75, 3.05) is 33.4 Å². The van der Waals surface area contributed by atoms with Gasteiger partial charge in [0.25, 0.3) is 5.69 Å². The summed E-state index contributed by atoms with van der Waals surface area (Å²) < 4.78 is 10.9. The second-order valence-corrected chi connectivity index (χ2v) is 6.77. The highest BCUT2D eigenvalue weighted by atomic mass is 16.7. The minimum atomic E-state index is -0.689. The van der Waals surface area contributed by atoms with Crippen molar-refractivity contribution in [1.29, 1.82) is 0 Å². The Hall–Kier alpha value is -3.30. The number of morpholine rings is 1. The van der Waals surface area contributed by atoms with Gasteiger partial charge in [-0.1, -0.05) is 5.16 Å². The standard InChI is InChI=1S/C21H23N3O6/c1-15(22-30-21(25)16-3-6-19(7-4-16)24(26)27)17-5-8-20(28-2)18(13-17)14-23-9-11-29-12-10-23/h3-8,13H,9-12,14H2,1-2H3/b22-15-. The molecule has 9 nitrogen and oxygen atoms in total. The summed E-state index contributed by atoms with van der Waals surface area (Å²) in [4.78, 5) is 29.6. The van der Waals surface area contributed by atoms with Crippen LogP contribution in [-0.2, 0) is 16.1 Å². The molecule has 1 aliphatic rings. The Kier molecular flexibility index (Phi) is 7.10. The molecule has 1 saturated heterocycles. The van der Waals surface area contributed by atoms with E-state index in [0.717, 1.165) is 36.5 Å². The van der Waals surface area contributed by atoms with Crippen molar-refractivity contribution in [3.05, 3.63) is 69.3 Å². The van der Waals surface area contributed by atoms with Crippen LogP contribution in [0.2, 0.25) is 0 Å². The first-order valence-electron chi connectivity index (χ1n) is 9.45. The number of ether oxygens (including phenoxy) is 2. The molecule has 1 aliphatic heterocycles. The molecule has 2 aromatic rings. The molecule has 3 rings (SSSR count). The van der Waals surface area contributed by atoms with Crippen LogP contribution in [0, 0.1) is 10.1 Å². The summed E-state index contributed by atoms with van der Waals surface area (Å²) in [5, 5.41) is 14.6. The molecule has 0 radical (unpaired) electrons. The lowest BCUT2D eigenvalue weighted by Gasteiger charge is -2.27. The number of non-ortho nitro benzene ring substituents is 1. The maximum absolute atomic E-state index is 12.2. The molecule has 0 spiro atoms. The van der Waals surface area contributed by atoms with Crippen molar-refractivity contribution in [3.8, 4) is 5.75 Å². The second kappa shape index (κ2) is 9.95. The van der Waals surface area contributed by atoms with E-state index in [1.165, 1.54) is 24.3 Å². The van der Waals surface area contributed by atoms with E-state index >= 15 is 0 Å². The molecule has 1 heterocycles. The van der Waals surface area contributed by atoms with Crippen molar-refractivity contribution in [1.82, 2.24) is 4.90 Å². The fraction of sp³-hybridized carbons (Fsp3) is 0.333. The van der Waals surface area contributed by atoms with Crippen molar-refractivity contribution >= 4 is 17.4 Å². The fourth-order valence-electron chi connectivity index (χ4n) is 3.06. The predicted molar refractivity (Wildman–Crippen MR) is 110 cm³/mol. The summed E-state index contributed by atoms with van der Waals surface area (Å²) in [5.74, 6) is 0.0900. The van der Waals surface area contributed by atoms with Crippen LogP contribution in [0.4, 0.5) is 5.69 Å². The first kappa shape index (κ1) is 21.4. The molecule has 0 amide bonds. The Labute approximate surface area is 174 Å². The Balaban J connectivity index is 1.70. The molecule has 0 bridgehead atoms. The molecule has 0 atom stereocenters. The molecular weight excluding hydrogens is 390 g/mol. The molecule has 0 N–H and O–H groups in total. The molecule has 158 valence electrons. The topological polar surface area (TPSA) is 104 Å². The third-order valence-corrected chi connectivity index (χ3v) is 4.78. The van der Waals surface area contributed by atoms with E-state index in [2.05, 4.69) is 10.1 Å². The summed E-state index contributed by atoms with van der Waals surface area (Å²) in [6.07, 6.45) is 0. The van der Waals surface area contributed by atoms with E-state index in [0.29, 0.717) is 18.9 Å². The molecule has 30 heavy (non-hydrogen) atoms. The van der Waals surface area contributed by atoms with Gasteiger partial charge < -0.3 is 14.3 Å². The predicted octanol–water partition coefficient (Wildman–Crippen LogP) is 3.02. The van der Waals surface area contributed by atoms with Gasteiger partial charge in [0.2, 0.25) is 0 Å². The van der Waals surface area contributed by atoms with Crippen LogP contribution in [0.15, 0.2) is 47.6 Å². The van der Waals surface area contributed by atoms with Crippen LogP contribution in [0.25, 0.3) is 0 Å². The summed E-state index contributed by atoms with van der Waals surface area (Å²) in [7, 11) is 1.63. The van der Waals surface area contributed by atoms with Crippen molar-refractivity contribution in [2.45, 2.75) is 13.5 Å². The lowest BCUT2D eigenvalue weighted by Crippen LogP contribution is -2.35. The van der Waals surface area contributed by atoms with Gasteiger partial charge >= 0.3 is 5.97 Å². The highest BCUT2D eigenvalue weighted by Gasteiger charge is 2.15. The third-order valence-electron chi connectivity index (χ3n) is 4.78. The lowest BCUT2D eigenvalue weighted by molar-refractivity contribution is -0.384. The molecule has 1 fully saturated rings. The van der Waals surface area contributed by atoms with Crippen LogP contribution in [0.3, 0.4) is 0 Å². The Morgan fingerprint density at radius 1 is 1.17 bits per heavy atom. The Bertz CT molecular complexity index is 936. The zero-order valence-corrected chi connectivity index (χ0v) is 16.9. The second-order valence-electron chi connectivity index (χ2n) is 6.77.